The van der Waals surface area contributed by atoms with Crippen molar-refractivity contribution in [3.63, 3.8) is 0 Å². The molecule has 92 valence electrons. The zero-order valence-electron chi connectivity index (χ0n) is 9.10. The number of hydrogen-bond acceptors (Lipinski definition) is 4. The van der Waals surface area contributed by atoms with Gasteiger partial charge in [-0.3, -0.25) is 15.6 Å². The van der Waals surface area contributed by atoms with E-state index in [2.05, 4.69) is 35.7 Å². The Labute approximate surface area is 115 Å². The first-order chi connectivity index (χ1) is 8.11. The highest BCUT2D eigenvalue weighted by atomic mass is 32.2. The van der Waals surface area contributed by atoms with E-state index in [0.717, 1.165) is 4.90 Å². The Morgan fingerprint density at radius 3 is 2.59 bits per heavy atom. The van der Waals surface area contributed by atoms with Crippen LogP contribution >= 0.6 is 36.6 Å². The van der Waals surface area contributed by atoms with Gasteiger partial charge in [0, 0.05) is 4.90 Å². The third-order valence-electron chi connectivity index (χ3n) is 1.74. The van der Waals surface area contributed by atoms with Crippen LogP contribution in [0.25, 0.3) is 0 Å². The fraction of sp³-hybridized carbons (Fsp3) is 0.200. The first-order valence-electron chi connectivity index (χ1n) is 4.66. The van der Waals surface area contributed by atoms with Gasteiger partial charge in [0.25, 0.3) is 5.91 Å². The van der Waals surface area contributed by atoms with E-state index >= 15 is 0 Å². The summed E-state index contributed by atoms with van der Waals surface area (Å²) in [4.78, 5) is 12.4. The van der Waals surface area contributed by atoms with Gasteiger partial charge >= 0.3 is 0 Å². The van der Waals surface area contributed by atoms with E-state index in [9.17, 15) is 4.79 Å². The smallest absolute Gasteiger partial charge is 0.276 e. The first kappa shape index (κ1) is 14.1. The minimum atomic E-state index is -0.324. The minimum Gasteiger partial charge on any atom is -0.484 e. The standard InChI is InChI=1S/C10H12N2O2S3/c1-17-8-4-2-7(3-5-8)14-6-9(13)11-12-10(15)16/h2-5H,6H2,1H3,(H,11,13)(H2,12,15,16). The van der Waals surface area contributed by atoms with Gasteiger partial charge in [-0.15, -0.1) is 24.4 Å². The van der Waals surface area contributed by atoms with Gasteiger partial charge in [-0.25, -0.2) is 0 Å². The number of nitrogens with one attached hydrogen (secondary N) is 2. The van der Waals surface area contributed by atoms with Crippen molar-refractivity contribution >= 4 is 46.8 Å². The molecule has 1 aromatic carbocycles. The van der Waals surface area contributed by atoms with Crippen molar-refractivity contribution in [3.05, 3.63) is 24.3 Å². The Bertz CT molecular complexity index is 395. The second-order valence-corrected chi connectivity index (χ2v) is 4.98. The lowest BCUT2D eigenvalue weighted by atomic mass is 10.3. The van der Waals surface area contributed by atoms with Gasteiger partial charge in [-0.2, -0.15) is 0 Å². The van der Waals surface area contributed by atoms with E-state index in [-0.39, 0.29) is 16.8 Å². The number of hydrazine groups is 1. The summed E-state index contributed by atoms with van der Waals surface area (Å²) in [6.45, 7) is -0.0813. The van der Waals surface area contributed by atoms with Crippen LogP contribution in [0.5, 0.6) is 5.75 Å². The molecule has 1 amide bonds. The number of carbonyl (C=O) groups excluding carboxylic acids is 1. The zero-order valence-corrected chi connectivity index (χ0v) is 11.6. The van der Waals surface area contributed by atoms with E-state index < -0.39 is 0 Å². The number of benzene rings is 1. The van der Waals surface area contributed by atoms with Crippen molar-refractivity contribution in [2.75, 3.05) is 12.9 Å². The Hall–Kier alpha value is -0.920. The number of thiol groups is 1. The van der Waals surface area contributed by atoms with Gasteiger partial charge in [0.05, 0.1) is 0 Å². The number of thioether (sulfide) groups is 1. The lowest BCUT2D eigenvalue weighted by molar-refractivity contribution is -0.123. The molecule has 1 aromatic rings. The van der Waals surface area contributed by atoms with Gasteiger partial charge in [0.15, 0.2) is 6.61 Å². The van der Waals surface area contributed by atoms with E-state index in [0.29, 0.717) is 5.75 Å². The van der Waals surface area contributed by atoms with Gasteiger partial charge in [-0.1, -0.05) is 12.2 Å². The van der Waals surface area contributed by atoms with Crippen LogP contribution in [0.2, 0.25) is 0 Å². The molecule has 17 heavy (non-hydrogen) atoms. The summed E-state index contributed by atoms with van der Waals surface area (Å²) in [7, 11) is 0. The molecule has 0 aliphatic heterocycles. The molecule has 7 heteroatoms. The second-order valence-electron chi connectivity index (χ2n) is 2.94. The average Bonchev–Trinajstić information content (AvgIpc) is 2.34. The van der Waals surface area contributed by atoms with Crippen molar-refractivity contribution in [2.45, 2.75) is 4.90 Å². The van der Waals surface area contributed by atoms with Crippen molar-refractivity contribution in [1.29, 1.82) is 0 Å². The van der Waals surface area contributed by atoms with Crippen LogP contribution in [0.15, 0.2) is 29.2 Å². The van der Waals surface area contributed by atoms with Gasteiger partial charge in [0.1, 0.15) is 10.1 Å². The molecule has 0 saturated heterocycles. The fourth-order valence-corrected chi connectivity index (χ4v) is 1.50. The molecular formula is C10H12N2O2S3. The highest BCUT2D eigenvalue weighted by Gasteiger charge is 2.02. The maximum absolute atomic E-state index is 11.2. The Kier molecular flexibility index (Phi) is 6.17. The maximum atomic E-state index is 11.2. The normalized spacial score (nSPS) is 9.53. The quantitative estimate of drug-likeness (QED) is 0.340. The number of amides is 1. The molecule has 0 bridgehead atoms. The minimum absolute atomic E-state index is 0.0813. The van der Waals surface area contributed by atoms with E-state index in [1.807, 2.05) is 30.5 Å². The molecule has 1 rings (SSSR count). The van der Waals surface area contributed by atoms with Crippen LogP contribution in [0.1, 0.15) is 0 Å². The molecule has 0 aliphatic carbocycles. The second kappa shape index (κ2) is 7.41. The molecule has 0 radical (unpaired) electrons. The highest BCUT2D eigenvalue weighted by Crippen LogP contribution is 2.18. The molecule has 0 unspecified atom stereocenters. The van der Waals surface area contributed by atoms with Crippen LogP contribution in [-0.2, 0) is 4.79 Å². The number of ether oxygens (including phenoxy) is 1. The number of thiocarbonyl (C=S) groups is 1. The molecule has 4 nitrogen and oxygen atoms in total. The Morgan fingerprint density at radius 1 is 1.41 bits per heavy atom. The predicted octanol–water partition coefficient (Wildman–Crippen LogP) is 1.62. The zero-order chi connectivity index (χ0) is 12.7. The average molecular weight is 288 g/mol. The molecule has 0 saturated carbocycles. The largest absolute Gasteiger partial charge is 0.484 e. The molecule has 0 aliphatic rings. The van der Waals surface area contributed by atoms with Crippen molar-refractivity contribution in [3.8, 4) is 5.75 Å². The molecular weight excluding hydrogens is 276 g/mol. The van der Waals surface area contributed by atoms with Crippen LogP contribution < -0.4 is 15.6 Å². The third-order valence-corrected chi connectivity index (χ3v) is 2.70. The summed E-state index contributed by atoms with van der Waals surface area (Å²) in [5.74, 6) is 0.321. The van der Waals surface area contributed by atoms with Gasteiger partial charge in [0.2, 0.25) is 0 Å². The Balaban J connectivity index is 2.34. The summed E-state index contributed by atoms with van der Waals surface area (Å²) in [5, 5.41) is 0. The molecule has 0 heterocycles. The maximum Gasteiger partial charge on any atom is 0.276 e. The van der Waals surface area contributed by atoms with E-state index in [1.165, 1.54) is 0 Å². The molecule has 0 aromatic heterocycles. The van der Waals surface area contributed by atoms with Gasteiger partial charge in [-0.05, 0) is 30.5 Å². The molecule has 2 N–H and O–H groups in total. The van der Waals surface area contributed by atoms with Crippen molar-refractivity contribution in [2.24, 2.45) is 0 Å². The molecule has 0 fully saturated rings. The van der Waals surface area contributed by atoms with E-state index in [1.54, 1.807) is 11.8 Å². The van der Waals surface area contributed by atoms with Crippen molar-refractivity contribution < 1.29 is 9.53 Å². The van der Waals surface area contributed by atoms with Crippen LogP contribution in [0.3, 0.4) is 0 Å². The molecule has 0 spiro atoms. The SMILES string of the molecule is CSc1ccc(OCC(=O)NNC(=S)S)cc1. The lowest BCUT2D eigenvalue weighted by Crippen LogP contribution is -2.41. The highest BCUT2D eigenvalue weighted by molar-refractivity contribution is 8.11. The summed E-state index contributed by atoms with van der Waals surface area (Å²) in [6.07, 6.45) is 2.00. The number of hydrogen-bond donors (Lipinski definition) is 3. The van der Waals surface area contributed by atoms with E-state index in [4.69, 9.17) is 4.74 Å². The number of carbonyl (C=O) groups is 1. The summed E-state index contributed by atoms with van der Waals surface area (Å²) in [5.41, 5.74) is 4.75. The fourth-order valence-electron chi connectivity index (χ4n) is 0.980. The molecule has 0 atom stereocenters. The van der Waals surface area contributed by atoms with Crippen LogP contribution in [0, 0.1) is 0 Å². The summed E-state index contributed by atoms with van der Waals surface area (Å²) < 4.78 is 5.47. The predicted molar refractivity (Wildman–Crippen MR) is 76.6 cm³/mol. The van der Waals surface area contributed by atoms with Crippen LogP contribution in [-0.4, -0.2) is 23.1 Å². The Morgan fingerprint density at radius 2 is 2.06 bits per heavy atom. The van der Waals surface area contributed by atoms with Gasteiger partial charge < -0.3 is 4.74 Å². The van der Waals surface area contributed by atoms with Crippen LogP contribution in [0.4, 0.5) is 0 Å². The lowest BCUT2D eigenvalue weighted by Gasteiger charge is -2.08. The topological polar surface area (TPSA) is 50.4 Å². The summed E-state index contributed by atoms with van der Waals surface area (Å²) in [6, 6.07) is 7.49. The third kappa shape index (κ3) is 5.81. The first-order valence-corrected chi connectivity index (χ1v) is 6.74. The summed E-state index contributed by atoms with van der Waals surface area (Å²) >= 11 is 10.1. The number of rotatable bonds is 4. The van der Waals surface area contributed by atoms with Crippen molar-refractivity contribution in [1.82, 2.24) is 10.9 Å². The monoisotopic (exact) mass is 288 g/mol.